The van der Waals surface area contributed by atoms with Gasteiger partial charge in [0.2, 0.25) is 0 Å². The Bertz CT molecular complexity index is 309. The summed E-state index contributed by atoms with van der Waals surface area (Å²) in [7, 11) is 0. The number of aromatic nitrogens is 2. The highest BCUT2D eigenvalue weighted by molar-refractivity contribution is 7.99. The zero-order valence-electron chi connectivity index (χ0n) is 9.78. The summed E-state index contributed by atoms with van der Waals surface area (Å²) in [5.74, 6) is 1.12. The minimum absolute atomic E-state index is 0.749. The van der Waals surface area contributed by atoms with E-state index in [1.807, 2.05) is 12.4 Å². The van der Waals surface area contributed by atoms with E-state index in [2.05, 4.69) is 22.2 Å². The number of hydrogen-bond acceptors (Lipinski definition) is 4. The molecule has 16 heavy (non-hydrogen) atoms. The van der Waals surface area contributed by atoms with E-state index in [0.29, 0.717) is 0 Å². The van der Waals surface area contributed by atoms with Crippen LogP contribution in [0.5, 0.6) is 0 Å². The van der Waals surface area contributed by atoms with Gasteiger partial charge in [-0.25, -0.2) is 9.97 Å². The molecular formula is C12H19N3S. The SMILES string of the molecule is CCCCSc1ncc(CNC2CC2)cn1. The first-order chi connectivity index (χ1) is 7.88. The highest BCUT2D eigenvalue weighted by atomic mass is 32.2. The molecule has 0 aliphatic heterocycles. The average Bonchev–Trinajstić information content (AvgIpc) is 3.12. The lowest BCUT2D eigenvalue weighted by molar-refractivity contribution is 0.680. The van der Waals surface area contributed by atoms with Crippen LogP contribution in [0.15, 0.2) is 17.6 Å². The van der Waals surface area contributed by atoms with E-state index < -0.39 is 0 Å². The Kier molecular flexibility index (Phi) is 4.60. The first kappa shape index (κ1) is 11.9. The van der Waals surface area contributed by atoms with Gasteiger partial charge in [0.1, 0.15) is 0 Å². The van der Waals surface area contributed by atoms with Crippen molar-refractivity contribution in [2.45, 2.75) is 50.4 Å². The van der Waals surface area contributed by atoms with Gasteiger partial charge in [-0.15, -0.1) is 0 Å². The van der Waals surface area contributed by atoms with Crippen LogP contribution in [0.3, 0.4) is 0 Å². The molecule has 0 bridgehead atoms. The van der Waals surface area contributed by atoms with E-state index in [1.165, 1.54) is 31.2 Å². The van der Waals surface area contributed by atoms with E-state index in [0.717, 1.165) is 23.5 Å². The van der Waals surface area contributed by atoms with E-state index >= 15 is 0 Å². The second-order valence-electron chi connectivity index (χ2n) is 4.23. The van der Waals surface area contributed by atoms with Crippen molar-refractivity contribution in [1.29, 1.82) is 0 Å². The fourth-order valence-corrected chi connectivity index (χ4v) is 2.24. The van der Waals surface area contributed by atoms with Crippen LogP contribution >= 0.6 is 11.8 Å². The summed E-state index contributed by atoms with van der Waals surface area (Å²) < 4.78 is 0. The highest BCUT2D eigenvalue weighted by Crippen LogP contribution is 2.19. The Morgan fingerprint density at radius 1 is 1.38 bits per heavy atom. The second kappa shape index (κ2) is 6.21. The second-order valence-corrected chi connectivity index (χ2v) is 5.29. The summed E-state index contributed by atoms with van der Waals surface area (Å²) in [6.45, 7) is 3.11. The molecule has 1 aromatic heterocycles. The summed E-state index contributed by atoms with van der Waals surface area (Å²) in [6, 6.07) is 0.749. The zero-order valence-corrected chi connectivity index (χ0v) is 10.6. The third-order valence-electron chi connectivity index (χ3n) is 2.58. The lowest BCUT2D eigenvalue weighted by Crippen LogP contribution is -2.15. The Morgan fingerprint density at radius 2 is 2.12 bits per heavy atom. The molecule has 0 amide bonds. The van der Waals surface area contributed by atoms with Crippen molar-refractivity contribution in [2.75, 3.05) is 5.75 Å². The molecule has 1 aliphatic carbocycles. The van der Waals surface area contributed by atoms with Crippen LogP contribution in [-0.4, -0.2) is 21.8 Å². The van der Waals surface area contributed by atoms with Crippen molar-refractivity contribution >= 4 is 11.8 Å². The van der Waals surface area contributed by atoms with Gasteiger partial charge in [0.05, 0.1) is 0 Å². The Labute approximate surface area is 101 Å². The molecule has 0 spiro atoms. The summed E-state index contributed by atoms with van der Waals surface area (Å²) in [5.41, 5.74) is 1.19. The Hall–Kier alpha value is -0.610. The molecule has 0 atom stereocenters. The van der Waals surface area contributed by atoms with Crippen LogP contribution < -0.4 is 5.32 Å². The van der Waals surface area contributed by atoms with Crippen LogP contribution in [0.2, 0.25) is 0 Å². The Morgan fingerprint density at radius 3 is 2.75 bits per heavy atom. The van der Waals surface area contributed by atoms with Crippen LogP contribution in [-0.2, 0) is 6.54 Å². The van der Waals surface area contributed by atoms with E-state index in [1.54, 1.807) is 11.8 Å². The topological polar surface area (TPSA) is 37.8 Å². The monoisotopic (exact) mass is 237 g/mol. The summed E-state index contributed by atoms with van der Waals surface area (Å²) in [6.07, 6.45) is 9.00. The first-order valence-corrected chi connectivity index (χ1v) is 7.04. The molecule has 1 aromatic rings. The number of nitrogens with one attached hydrogen (secondary N) is 1. The quantitative estimate of drug-likeness (QED) is 0.449. The van der Waals surface area contributed by atoms with Crippen LogP contribution in [0, 0.1) is 0 Å². The number of hydrogen-bond donors (Lipinski definition) is 1. The van der Waals surface area contributed by atoms with Crippen molar-refractivity contribution in [1.82, 2.24) is 15.3 Å². The molecule has 2 rings (SSSR count). The van der Waals surface area contributed by atoms with E-state index in [4.69, 9.17) is 0 Å². The van der Waals surface area contributed by atoms with Gasteiger partial charge in [-0.3, -0.25) is 0 Å². The van der Waals surface area contributed by atoms with Gasteiger partial charge >= 0.3 is 0 Å². The smallest absolute Gasteiger partial charge is 0.187 e. The van der Waals surface area contributed by atoms with Gasteiger partial charge in [0.15, 0.2) is 5.16 Å². The maximum atomic E-state index is 4.36. The summed E-state index contributed by atoms with van der Waals surface area (Å²) in [5, 5.41) is 4.36. The van der Waals surface area contributed by atoms with Crippen molar-refractivity contribution < 1.29 is 0 Å². The van der Waals surface area contributed by atoms with Gasteiger partial charge in [0.25, 0.3) is 0 Å². The maximum Gasteiger partial charge on any atom is 0.187 e. The summed E-state index contributed by atoms with van der Waals surface area (Å²) >= 11 is 1.75. The molecule has 88 valence electrons. The van der Waals surface area contributed by atoms with Crippen molar-refractivity contribution in [2.24, 2.45) is 0 Å². The number of unbranched alkanes of at least 4 members (excludes halogenated alkanes) is 1. The first-order valence-electron chi connectivity index (χ1n) is 6.05. The lowest BCUT2D eigenvalue weighted by Gasteiger charge is -2.03. The van der Waals surface area contributed by atoms with Crippen LogP contribution in [0.1, 0.15) is 38.2 Å². The third-order valence-corrected chi connectivity index (χ3v) is 3.54. The number of rotatable bonds is 7. The van der Waals surface area contributed by atoms with Gasteiger partial charge in [0, 0.05) is 36.3 Å². The third kappa shape index (κ3) is 4.10. The van der Waals surface area contributed by atoms with Crippen LogP contribution in [0.4, 0.5) is 0 Å². The molecule has 0 aromatic carbocycles. The minimum atomic E-state index is 0.749. The van der Waals surface area contributed by atoms with E-state index in [-0.39, 0.29) is 0 Å². The predicted octanol–water partition coefficient (Wildman–Crippen LogP) is 2.62. The molecule has 1 N–H and O–H groups in total. The summed E-state index contributed by atoms with van der Waals surface area (Å²) in [4.78, 5) is 8.72. The van der Waals surface area contributed by atoms with Crippen molar-refractivity contribution in [3.8, 4) is 0 Å². The molecule has 0 radical (unpaired) electrons. The molecule has 1 fully saturated rings. The highest BCUT2D eigenvalue weighted by Gasteiger charge is 2.19. The molecular weight excluding hydrogens is 218 g/mol. The van der Waals surface area contributed by atoms with Gasteiger partial charge in [-0.1, -0.05) is 25.1 Å². The molecule has 1 saturated carbocycles. The van der Waals surface area contributed by atoms with E-state index in [9.17, 15) is 0 Å². The molecule has 4 heteroatoms. The fourth-order valence-electron chi connectivity index (χ4n) is 1.37. The number of thioether (sulfide) groups is 1. The minimum Gasteiger partial charge on any atom is -0.310 e. The van der Waals surface area contributed by atoms with Gasteiger partial charge in [-0.05, 0) is 19.3 Å². The number of nitrogens with zero attached hydrogens (tertiary/aromatic N) is 2. The van der Waals surface area contributed by atoms with Crippen LogP contribution in [0.25, 0.3) is 0 Å². The zero-order chi connectivity index (χ0) is 11.2. The fraction of sp³-hybridized carbons (Fsp3) is 0.667. The molecule has 3 nitrogen and oxygen atoms in total. The maximum absolute atomic E-state index is 4.36. The molecule has 1 heterocycles. The van der Waals surface area contributed by atoms with Gasteiger partial charge < -0.3 is 5.32 Å². The normalized spacial score (nSPS) is 15.3. The molecule has 0 saturated heterocycles. The largest absolute Gasteiger partial charge is 0.310 e. The van der Waals surface area contributed by atoms with Gasteiger partial charge in [-0.2, -0.15) is 0 Å². The van der Waals surface area contributed by atoms with Crippen molar-refractivity contribution in [3.05, 3.63) is 18.0 Å². The van der Waals surface area contributed by atoms with Crippen molar-refractivity contribution in [3.63, 3.8) is 0 Å². The average molecular weight is 237 g/mol. The standard InChI is InChI=1S/C12H19N3S/c1-2-3-6-16-12-14-8-10(9-15-12)7-13-11-4-5-11/h8-9,11,13H,2-7H2,1H3. The molecule has 0 unspecified atom stereocenters. The Balaban J connectivity index is 1.74. The predicted molar refractivity (Wildman–Crippen MR) is 67.5 cm³/mol. The molecule has 1 aliphatic rings. The lowest BCUT2D eigenvalue weighted by atomic mass is 10.3.